The van der Waals surface area contributed by atoms with E-state index in [1.54, 1.807) is 12.1 Å². The van der Waals surface area contributed by atoms with Gasteiger partial charge in [-0.1, -0.05) is 54.6 Å². The normalized spacial score (nSPS) is 10.3. The quantitative estimate of drug-likeness (QED) is 0.610. The minimum absolute atomic E-state index is 0.108. The highest BCUT2D eigenvalue weighted by molar-refractivity contribution is 6.09. The van der Waals surface area contributed by atoms with E-state index in [1.165, 1.54) is 21.3 Å². The summed E-state index contributed by atoms with van der Waals surface area (Å²) in [5, 5.41) is 0. The standard InChI is InChI=1S/C22H20O4/c1-24-19-13-18(14-20(25-2)22(19)26-3)21(23)17-11-9-16(10-12-17)15-7-5-4-6-8-15/h4-14H,1-3H3. The predicted molar refractivity (Wildman–Crippen MR) is 101 cm³/mol. The van der Waals surface area contributed by atoms with Crippen molar-refractivity contribution in [3.63, 3.8) is 0 Å². The van der Waals surface area contributed by atoms with Gasteiger partial charge in [0.05, 0.1) is 21.3 Å². The van der Waals surface area contributed by atoms with Crippen molar-refractivity contribution in [2.45, 2.75) is 0 Å². The Labute approximate surface area is 153 Å². The van der Waals surface area contributed by atoms with Crippen molar-refractivity contribution >= 4 is 5.78 Å². The lowest BCUT2D eigenvalue weighted by molar-refractivity contribution is 0.103. The lowest BCUT2D eigenvalue weighted by Crippen LogP contribution is -2.04. The fourth-order valence-electron chi connectivity index (χ4n) is 2.82. The number of ether oxygens (including phenoxy) is 3. The minimum Gasteiger partial charge on any atom is -0.493 e. The van der Waals surface area contributed by atoms with Gasteiger partial charge < -0.3 is 14.2 Å². The number of rotatable bonds is 6. The molecule has 0 saturated heterocycles. The average Bonchev–Trinajstić information content (AvgIpc) is 2.72. The fourth-order valence-corrected chi connectivity index (χ4v) is 2.82. The average molecular weight is 348 g/mol. The molecule has 0 atom stereocenters. The van der Waals surface area contributed by atoms with Crippen LogP contribution >= 0.6 is 0 Å². The molecule has 0 aliphatic heterocycles. The number of hydrogen-bond donors (Lipinski definition) is 0. The second-order valence-corrected chi connectivity index (χ2v) is 5.69. The molecular formula is C22H20O4. The van der Waals surface area contributed by atoms with Gasteiger partial charge in [0.25, 0.3) is 0 Å². The van der Waals surface area contributed by atoms with Crippen LogP contribution in [-0.2, 0) is 0 Å². The van der Waals surface area contributed by atoms with Crippen molar-refractivity contribution in [3.05, 3.63) is 77.9 Å². The largest absolute Gasteiger partial charge is 0.493 e. The molecule has 0 N–H and O–H groups in total. The summed E-state index contributed by atoms with van der Waals surface area (Å²) in [5.74, 6) is 1.27. The molecule has 3 aromatic carbocycles. The Hall–Kier alpha value is -3.27. The number of carbonyl (C=O) groups is 1. The zero-order valence-corrected chi connectivity index (χ0v) is 15.0. The first-order valence-electron chi connectivity index (χ1n) is 8.18. The lowest BCUT2D eigenvalue weighted by Gasteiger charge is -2.13. The summed E-state index contributed by atoms with van der Waals surface area (Å²) in [6.45, 7) is 0. The van der Waals surface area contributed by atoms with Crippen LogP contribution in [0.5, 0.6) is 17.2 Å². The van der Waals surface area contributed by atoms with Crippen LogP contribution in [0.25, 0.3) is 11.1 Å². The van der Waals surface area contributed by atoms with Crippen LogP contribution < -0.4 is 14.2 Å². The first-order chi connectivity index (χ1) is 12.7. The monoisotopic (exact) mass is 348 g/mol. The molecule has 132 valence electrons. The van der Waals surface area contributed by atoms with E-state index < -0.39 is 0 Å². The van der Waals surface area contributed by atoms with Gasteiger partial charge in [0.15, 0.2) is 17.3 Å². The molecule has 0 aliphatic carbocycles. The highest BCUT2D eigenvalue weighted by Crippen LogP contribution is 2.38. The number of benzene rings is 3. The molecule has 0 bridgehead atoms. The van der Waals surface area contributed by atoms with Crippen LogP contribution in [0, 0.1) is 0 Å². The van der Waals surface area contributed by atoms with E-state index >= 15 is 0 Å². The summed E-state index contributed by atoms with van der Waals surface area (Å²) in [4.78, 5) is 12.9. The van der Waals surface area contributed by atoms with Crippen molar-refractivity contribution in [2.24, 2.45) is 0 Å². The molecular weight excluding hydrogens is 328 g/mol. The summed E-state index contributed by atoms with van der Waals surface area (Å²) in [5.41, 5.74) is 3.25. The third-order valence-electron chi connectivity index (χ3n) is 4.18. The van der Waals surface area contributed by atoms with Crippen LogP contribution in [0.4, 0.5) is 0 Å². The Kier molecular flexibility index (Phi) is 5.23. The Bertz CT molecular complexity index is 874. The van der Waals surface area contributed by atoms with E-state index in [4.69, 9.17) is 14.2 Å². The van der Waals surface area contributed by atoms with Crippen LogP contribution in [0.3, 0.4) is 0 Å². The van der Waals surface area contributed by atoms with Crippen LogP contribution in [0.2, 0.25) is 0 Å². The van der Waals surface area contributed by atoms with Crippen molar-refractivity contribution in [2.75, 3.05) is 21.3 Å². The number of methoxy groups -OCH3 is 3. The van der Waals surface area contributed by atoms with Gasteiger partial charge in [-0.05, 0) is 23.3 Å². The summed E-state index contributed by atoms with van der Waals surface area (Å²) >= 11 is 0. The molecule has 3 rings (SSSR count). The van der Waals surface area contributed by atoms with Crippen molar-refractivity contribution < 1.29 is 19.0 Å². The maximum Gasteiger partial charge on any atom is 0.203 e. The summed E-state index contributed by atoms with van der Waals surface area (Å²) in [7, 11) is 4.59. The van der Waals surface area contributed by atoms with Crippen molar-refractivity contribution in [3.8, 4) is 28.4 Å². The Balaban J connectivity index is 1.94. The van der Waals surface area contributed by atoms with Gasteiger partial charge in [-0.2, -0.15) is 0 Å². The number of ketones is 1. The molecule has 0 amide bonds. The molecule has 0 spiro atoms. The van der Waals surface area contributed by atoms with E-state index in [9.17, 15) is 4.79 Å². The van der Waals surface area contributed by atoms with Gasteiger partial charge in [-0.3, -0.25) is 4.79 Å². The molecule has 3 aromatic rings. The third kappa shape index (κ3) is 3.40. The highest BCUT2D eigenvalue weighted by atomic mass is 16.5. The van der Waals surface area contributed by atoms with Crippen molar-refractivity contribution in [1.82, 2.24) is 0 Å². The molecule has 0 unspecified atom stereocenters. The van der Waals surface area contributed by atoms with Gasteiger partial charge in [-0.25, -0.2) is 0 Å². The van der Waals surface area contributed by atoms with Crippen LogP contribution in [-0.4, -0.2) is 27.1 Å². The predicted octanol–water partition coefficient (Wildman–Crippen LogP) is 4.61. The van der Waals surface area contributed by atoms with Gasteiger partial charge in [-0.15, -0.1) is 0 Å². The molecule has 0 radical (unpaired) electrons. The van der Waals surface area contributed by atoms with Crippen LogP contribution in [0.15, 0.2) is 66.7 Å². The molecule has 0 aliphatic rings. The third-order valence-corrected chi connectivity index (χ3v) is 4.18. The maximum atomic E-state index is 12.9. The molecule has 4 nitrogen and oxygen atoms in total. The smallest absolute Gasteiger partial charge is 0.203 e. The van der Waals surface area contributed by atoms with Gasteiger partial charge in [0.1, 0.15) is 0 Å². The van der Waals surface area contributed by atoms with E-state index in [0.29, 0.717) is 28.4 Å². The lowest BCUT2D eigenvalue weighted by atomic mass is 9.99. The number of hydrogen-bond acceptors (Lipinski definition) is 4. The molecule has 0 fully saturated rings. The zero-order valence-electron chi connectivity index (χ0n) is 15.0. The molecule has 0 heterocycles. The first kappa shape index (κ1) is 17.5. The Morgan fingerprint density at radius 1 is 0.654 bits per heavy atom. The molecule has 0 saturated carbocycles. The van der Waals surface area contributed by atoms with Gasteiger partial charge in [0.2, 0.25) is 5.75 Å². The topological polar surface area (TPSA) is 44.8 Å². The zero-order chi connectivity index (χ0) is 18.5. The summed E-state index contributed by atoms with van der Waals surface area (Å²) in [6, 6.07) is 20.9. The second-order valence-electron chi connectivity index (χ2n) is 5.69. The van der Waals surface area contributed by atoms with E-state index in [-0.39, 0.29) is 5.78 Å². The minimum atomic E-state index is -0.108. The van der Waals surface area contributed by atoms with Crippen molar-refractivity contribution in [1.29, 1.82) is 0 Å². The summed E-state index contributed by atoms with van der Waals surface area (Å²) in [6.07, 6.45) is 0. The first-order valence-corrected chi connectivity index (χ1v) is 8.18. The summed E-state index contributed by atoms with van der Waals surface area (Å²) < 4.78 is 16.0. The Morgan fingerprint density at radius 3 is 1.69 bits per heavy atom. The second kappa shape index (κ2) is 7.74. The molecule has 26 heavy (non-hydrogen) atoms. The van der Waals surface area contributed by atoms with E-state index in [0.717, 1.165) is 11.1 Å². The maximum absolute atomic E-state index is 12.9. The van der Waals surface area contributed by atoms with Gasteiger partial charge in [0, 0.05) is 11.1 Å². The number of carbonyl (C=O) groups excluding carboxylic acids is 1. The van der Waals surface area contributed by atoms with E-state index in [1.807, 2.05) is 54.6 Å². The fraction of sp³-hybridized carbons (Fsp3) is 0.136. The molecule has 0 aromatic heterocycles. The molecule has 4 heteroatoms. The Morgan fingerprint density at radius 2 is 1.19 bits per heavy atom. The van der Waals surface area contributed by atoms with Gasteiger partial charge >= 0.3 is 0 Å². The highest BCUT2D eigenvalue weighted by Gasteiger charge is 2.18. The SMILES string of the molecule is COc1cc(C(=O)c2ccc(-c3ccccc3)cc2)cc(OC)c1OC. The van der Waals surface area contributed by atoms with Crippen LogP contribution in [0.1, 0.15) is 15.9 Å². The van der Waals surface area contributed by atoms with E-state index in [2.05, 4.69) is 0 Å².